The van der Waals surface area contributed by atoms with Crippen molar-refractivity contribution in [3.05, 3.63) is 46.7 Å². The number of nitrogen functional groups attached to an aromatic ring is 1. The summed E-state index contributed by atoms with van der Waals surface area (Å²) in [5, 5.41) is 1.80. The molecule has 2 aromatic carbocycles. The minimum atomic E-state index is 0.259. The number of benzene rings is 2. The maximum Gasteiger partial charge on any atom is 0.134 e. The van der Waals surface area contributed by atoms with E-state index in [4.69, 9.17) is 33.7 Å². The van der Waals surface area contributed by atoms with Crippen molar-refractivity contribution >= 4 is 45.6 Å². The molecule has 1 saturated heterocycles. The fourth-order valence-electron chi connectivity index (χ4n) is 3.37. The third-order valence-corrected chi connectivity index (χ3v) is 5.51. The number of ether oxygens (including phenoxy) is 1. The van der Waals surface area contributed by atoms with Crippen molar-refractivity contribution in [1.29, 1.82) is 0 Å². The summed E-state index contributed by atoms with van der Waals surface area (Å²) in [4.78, 5) is 10.9. The molecule has 0 unspecified atom stereocenters. The van der Waals surface area contributed by atoms with E-state index in [0.29, 0.717) is 29.1 Å². The van der Waals surface area contributed by atoms with Crippen molar-refractivity contribution in [3.63, 3.8) is 0 Å². The van der Waals surface area contributed by atoms with Gasteiger partial charge in [-0.3, -0.25) is 0 Å². The minimum Gasteiger partial charge on any atom is -0.383 e. The molecule has 5 nitrogen and oxygen atoms in total. The molecule has 0 bridgehead atoms. The monoisotopic (exact) mass is 388 g/mol. The normalized spacial score (nSPS) is 17.7. The predicted molar refractivity (Wildman–Crippen MR) is 107 cm³/mol. The molecule has 0 amide bonds. The van der Waals surface area contributed by atoms with Crippen LogP contribution in [0.5, 0.6) is 0 Å². The predicted octanol–water partition coefficient (Wildman–Crippen LogP) is 4.41. The zero-order valence-electron chi connectivity index (χ0n) is 14.2. The number of fused-ring (bicyclic) bond motifs is 1. The lowest BCUT2D eigenvalue weighted by atomic mass is 10.00. The summed E-state index contributed by atoms with van der Waals surface area (Å²) in [5.74, 6) is 0.442. The number of halogens is 2. The van der Waals surface area contributed by atoms with E-state index in [0.717, 1.165) is 34.3 Å². The summed E-state index contributed by atoms with van der Waals surface area (Å²) >= 11 is 12.7. The molecule has 0 saturated carbocycles. The molecule has 7 heteroatoms. The molecular formula is C19H18Cl2N4O. The van der Waals surface area contributed by atoms with Crippen LogP contribution in [-0.2, 0) is 4.74 Å². The molecule has 134 valence electrons. The van der Waals surface area contributed by atoms with E-state index in [2.05, 4.69) is 27.9 Å². The highest BCUT2D eigenvalue weighted by Crippen LogP contribution is 2.40. The molecule has 4 rings (SSSR count). The van der Waals surface area contributed by atoms with Crippen LogP contribution >= 0.6 is 23.2 Å². The Morgan fingerprint density at radius 3 is 2.85 bits per heavy atom. The Labute approximate surface area is 161 Å². The summed E-state index contributed by atoms with van der Waals surface area (Å²) < 4.78 is 5.56. The number of hydrogen-bond donors (Lipinski definition) is 1. The van der Waals surface area contributed by atoms with Gasteiger partial charge in [0, 0.05) is 34.8 Å². The molecule has 1 atom stereocenters. The first-order chi connectivity index (χ1) is 12.6. The van der Waals surface area contributed by atoms with Gasteiger partial charge in [0.15, 0.2) is 0 Å². The van der Waals surface area contributed by atoms with Gasteiger partial charge in [-0.2, -0.15) is 0 Å². The van der Waals surface area contributed by atoms with E-state index in [9.17, 15) is 0 Å². The topological polar surface area (TPSA) is 64.3 Å². The van der Waals surface area contributed by atoms with Crippen LogP contribution in [0.2, 0.25) is 10.0 Å². The molecule has 0 aliphatic carbocycles. The van der Waals surface area contributed by atoms with E-state index in [1.165, 1.54) is 6.33 Å². The van der Waals surface area contributed by atoms with E-state index < -0.39 is 0 Å². The molecule has 3 aromatic rings. The molecule has 0 spiro atoms. The molecule has 2 N–H and O–H groups in total. The Hall–Kier alpha value is -2.08. The van der Waals surface area contributed by atoms with Crippen LogP contribution in [0.3, 0.4) is 0 Å². The van der Waals surface area contributed by atoms with Gasteiger partial charge >= 0.3 is 0 Å². The SMILES string of the molecule is C[C@H]1COCCN1c1cc(-c2cccc(Cl)c2Cl)c2ncnc(N)c2c1. The van der Waals surface area contributed by atoms with Crippen LogP contribution in [0, 0.1) is 0 Å². The molecule has 1 aliphatic heterocycles. The van der Waals surface area contributed by atoms with E-state index in [1.807, 2.05) is 18.2 Å². The van der Waals surface area contributed by atoms with E-state index in [-0.39, 0.29) is 6.04 Å². The second-order valence-electron chi connectivity index (χ2n) is 6.37. The minimum absolute atomic E-state index is 0.259. The maximum absolute atomic E-state index is 6.49. The summed E-state index contributed by atoms with van der Waals surface area (Å²) in [6, 6.07) is 9.97. The molecule has 26 heavy (non-hydrogen) atoms. The van der Waals surface area contributed by atoms with Gasteiger partial charge in [0.05, 0.1) is 28.8 Å². The van der Waals surface area contributed by atoms with Crippen LogP contribution < -0.4 is 10.6 Å². The van der Waals surface area contributed by atoms with Gasteiger partial charge in [-0.1, -0.05) is 35.3 Å². The molecular weight excluding hydrogens is 371 g/mol. The maximum atomic E-state index is 6.49. The number of rotatable bonds is 2. The smallest absolute Gasteiger partial charge is 0.134 e. The van der Waals surface area contributed by atoms with Gasteiger partial charge in [-0.25, -0.2) is 9.97 Å². The first-order valence-corrected chi connectivity index (χ1v) is 9.15. The summed E-state index contributed by atoms with van der Waals surface area (Å²) in [6.45, 7) is 4.33. The molecule has 1 fully saturated rings. The second kappa shape index (κ2) is 6.91. The molecule has 1 aliphatic rings. The van der Waals surface area contributed by atoms with Crippen molar-refractivity contribution in [2.45, 2.75) is 13.0 Å². The lowest BCUT2D eigenvalue weighted by Gasteiger charge is -2.35. The Morgan fingerprint density at radius 1 is 1.19 bits per heavy atom. The van der Waals surface area contributed by atoms with Crippen LogP contribution in [0.25, 0.3) is 22.0 Å². The van der Waals surface area contributed by atoms with Crippen molar-refractivity contribution in [1.82, 2.24) is 9.97 Å². The number of anilines is 2. The summed E-state index contributed by atoms with van der Waals surface area (Å²) in [7, 11) is 0. The Balaban J connectivity index is 1.99. The number of aromatic nitrogens is 2. The van der Waals surface area contributed by atoms with Gasteiger partial charge in [0.2, 0.25) is 0 Å². The standard InChI is InChI=1S/C19H18Cl2N4O/c1-11-9-26-6-5-25(11)12-7-14(13-3-2-4-16(20)17(13)21)18-15(8-12)19(22)24-10-23-18/h2-4,7-8,10-11H,5-6,9H2,1H3,(H2,22,23,24)/t11-/m0/s1. The van der Waals surface area contributed by atoms with Gasteiger partial charge < -0.3 is 15.4 Å². The lowest BCUT2D eigenvalue weighted by Crippen LogP contribution is -2.43. The highest BCUT2D eigenvalue weighted by molar-refractivity contribution is 6.44. The van der Waals surface area contributed by atoms with Gasteiger partial charge in [0.25, 0.3) is 0 Å². The summed E-state index contributed by atoms with van der Waals surface area (Å²) in [6.07, 6.45) is 1.47. The van der Waals surface area contributed by atoms with Crippen LogP contribution in [0.4, 0.5) is 11.5 Å². The van der Waals surface area contributed by atoms with Crippen LogP contribution in [0.1, 0.15) is 6.92 Å². The Bertz CT molecular complexity index is 979. The fourth-order valence-corrected chi connectivity index (χ4v) is 3.77. The first-order valence-electron chi connectivity index (χ1n) is 8.39. The third kappa shape index (κ3) is 2.96. The highest BCUT2D eigenvalue weighted by Gasteiger charge is 2.22. The molecule has 1 aromatic heterocycles. The number of nitrogens with zero attached hydrogens (tertiary/aromatic N) is 3. The van der Waals surface area contributed by atoms with Gasteiger partial charge in [-0.15, -0.1) is 0 Å². The van der Waals surface area contributed by atoms with E-state index >= 15 is 0 Å². The molecule has 2 heterocycles. The van der Waals surface area contributed by atoms with Crippen molar-refractivity contribution in [3.8, 4) is 11.1 Å². The average Bonchev–Trinajstić information content (AvgIpc) is 2.64. The Kier molecular flexibility index (Phi) is 4.61. The van der Waals surface area contributed by atoms with Crippen LogP contribution in [0.15, 0.2) is 36.7 Å². The zero-order chi connectivity index (χ0) is 18.3. The average molecular weight is 389 g/mol. The largest absolute Gasteiger partial charge is 0.383 e. The number of morpholine rings is 1. The Morgan fingerprint density at radius 2 is 2.04 bits per heavy atom. The second-order valence-corrected chi connectivity index (χ2v) is 7.15. The fraction of sp³-hybridized carbons (Fsp3) is 0.263. The van der Waals surface area contributed by atoms with Gasteiger partial charge in [-0.05, 0) is 25.1 Å². The third-order valence-electron chi connectivity index (χ3n) is 4.70. The number of hydrogen-bond acceptors (Lipinski definition) is 5. The zero-order valence-corrected chi connectivity index (χ0v) is 15.8. The van der Waals surface area contributed by atoms with Crippen molar-refractivity contribution < 1.29 is 4.74 Å². The highest BCUT2D eigenvalue weighted by atomic mass is 35.5. The van der Waals surface area contributed by atoms with Gasteiger partial charge in [0.1, 0.15) is 12.1 Å². The first kappa shape index (κ1) is 17.3. The van der Waals surface area contributed by atoms with Crippen molar-refractivity contribution in [2.75, 3.05) is 30.4 Å². The van der Waals surface area contributed by atoms with Crippen molar-refractivity contribution in [2.24, 2.45) is 0 Å². The lowest BCUT2D eigenvalue weighted by molar-refractivity contribution is 0.0990. The van der Waals surface area contributed by atoms with E-state index in [1.54, 1.807) is 6.07 Å². The van der Waals surface area contributed by atoms with Crippen LogP contribution in [-0.4, -0.2) is 35.8 Å². The summed E-state index contributed by atoms with van der Waals surface area (Å²) in [5.41, 5.74) is 9.66. The quantitative estimate of drug-likeness (QED) is 0.703. The number of nitrogens with two attached hydrogens (primary N) is 1. The molecule has 0 radical (unpaired) electrons.